The number of rotatable bonds is 3. The molecular formula is C18H16ClNO2. The van der Waals surface area contributed by atoms with Crippen LogP contribution in [-0.2, 0) is 13.5 Å². The minimum atomic E-state index is -0.378. The second-order valence-corrected chi connectivity index (χ2v) is 5.56. The quantitative estimate of drug-likeness (QED) is 0.661. The molecule has 22 heavy (non-hydrogen) atoms. The van der Waals surface area contributed by atoms with Gasteiger partial charge in [-0.15, -0.1) is 0 Å². The van der Waals surface area contributed by atoms with Gasteiger partial charge in [0.2, 0.25) is 5.88 Å². The van der Waals surface area contributed by atoms with Gasteiger partial charge in [-0.2, -0.15) is 0 Å². The molecule has 0 aliphatic heterocycles. The number of para-hydroxylation sites is 1. The van der Waals surface area contributed by atoms with Crippen molar-refractivity contribution in [2.75, 3.05) is 0 Å². The molecule has 0 spiro atoms. The van der Waals surface area contributed by atoms with Gasteiger partial charge in [0.1, 0.15) is 0 Å². The molecule has 3 aromatic rings. The maximum atomic E-state index is 12.3. The first kappa shape index (κ1) is 14.7. The molecule has 1 heterocycles. The molecule has 3 rings (SSSR count). The Balaban J connectivity index is 1.91. The molecule has 0 radical (unpaired) electrons. The number of aryl methyl sites for hydroxylation is 2. The zero-order valence-corrected chi connectivity index (χ0v) is 13.2. The summed E-state index contributed by atoms with van der Waals surface area (Å²) in [4.78, 5) is 12.3. The number of nitrogens with zero attached hydrogens (tertiary/aromatic N) is 1. The number of hydrogen-bond donors (Lipinski definition) is 0. The number of hydrogen-bond acceptors (Lipinski definition) is 2. The first-order valence-corrected chi connectivity index (χ1v) is 7.53. The van der Waals surface area contributed by atoms with Crippen LogP contribution in [0.4, 0.5) is 0 Å². The van der Waals surface area contributed by atoms with Gasteiger partial charge in [-0.05, 0) is 36.2 Å². The summed E-state index contributed by atoms with van der Waals surface area (Å²) in [7, 11) is 1.88. The van der Waals surface area contributed by atoms with Crippen molar-refractivity contribution in [1.82, 2.24) is 4.57 Å². The summed E-state index contributed by atoms with van der Waals surface area (Å²) in [5, 5.41) is 1.71. The second-order valence-electron chi connectivity index (χ2n) is 5.15. The van der Waals surface area contributed by atoms with E-state index in [1.165, 1.54) is 0 Å². The Morgan fingerprint density at radius 3 is 2.68 bits per heavy atom. The van der Waals surface area contributed by atoms with Crippen molar-refractivity contribution in [2.45, 2.75) is 13.3 Å². The Morgan fingerprint density at radius 2 is 1.95 bits per heavy atom. The average molecular weight is 314 g/mol. The average Bonchev–Trinajstić information content (AvgIpc) is 2.84. The number of carbonyl (C=O) groups is 1. The van der Waals surface area contributed by atoms with E-state index in [1.807, 2.05) is 48.9 Å². The molecule has 1 aromatic heterocycles. The van der Waals surface area contributed by atoms with Gasteiger partial charge < -0.3 is 9.30 Å². The first-order chi connectivity index (χ1) is 10.6. The van der Waals surface area contributed by atoms with Crippen LogP contribution in [0.2, 0.25) is 5.02 Å². The lowest BCUT2D eigenvalue weighted by Crippen LogP contribution is -2.11. The highest BCUT2D eigenvalue weighted by Crippen LogP contribution is 2.25. The van der Waals surface area contributed by atoms with Crippen LogP contribution < -0.4 is 4.74 Å². The summed E-state index contributed by atoms with van der Waals surface area (Å²) in [6.45, 7) is 2.00. The van der Waals surface area contributed by atoms with E-state index in [-0.39, 0.29) is 5.97 Å². The van der Waals surface area contributed by atoms with Gasteiger partial charge in [0, 0.05) is 23.5 Å². The van der Waals surface area contributed by atoms with Gasteiger partial charge in [0.25, 0.3) is 0 Å². The summed E-state index contributed by atoms with van der Waals surface area (Å²) < 4.78 is 7.40. The van der Waals surface area contributed by atoms with E-state index in [1.54, 1.807) is 18.2 Å². The van der Waals surface area contributed by atoms with Gasteiger partial charge >= 0.3 is 5.97 Å². The van der Waals surface area contributed by atoms with E-state index >= 15 is 0 Å². The van der Waals surface area contributed by atoms with Crippen molar-refractivity contribution in [3.05, 3.63) is 64.7 Å². The number of fused-ring (bicyclic) bond motifs is 1. The van der Waals surface area contributed by atoms with E-state index in [2.05, 4.69) is 0 Å². The van der Waals surface area contributed by atoms with E-state index < -0.39 is 0 Å². The number of carbonyl (C=O) groups excluding carboxylic acids is 1. The number of benzene rings is 2. The van der Waals surface area contributed by atoms with Crippen molar-refractivity contribution < 1.29 is 9.53 Å². The highest BCUT2D eigenvalue weighted by atomic mass is 35.5. The third-order valence-electron chi connectivity index (χ3n) is 3.77. The fourth-order valence-electron chi connectivity index (χ4n) is 2.49. The van der Waals surface area contributed by atoms with Gasteiger partial charge in [-0.25, -0.2) is 4.79 Å². The third-order valence-corrected chi connectivity index (χ3v) is 4.14. The minimum Gasteiger partial charge on any atom is -0.406 e. The van der Waals surface area contributed by atoms with Crippen LogP contribution >= 0.6 is 11.6 Å². The smallest absolute Gasteiger partial charge is 0.344 e. The van der Waals surface area contributed by atoms with Gasteiger partial charge in [-0.1, -0.05) is 36.7 Å². The highest BCUT2D eigenvalue weighted by Gasteiger charge is 2.14. The van der Waals surface area contributed by atoms with Crippen LogP contribution in [0.3, 0.4) is 0 Å². The largest absolute Gasteiger partial charge is 0.406 e. The van der Waals surface area contributed by atoms with Crippen LogP contribution in [0.15, 0.2) is 48.5 Å². The van der Waals surface area contributed by atoms with Crippen molar-refractivity contribution in [2.24, 2.45) is 7.05 Å². The van der Waals surface area contributed by atoms with Crippen molar-refractivity contribution in [1.29, 1.82) is 0 Å². The minimum absolute atomic E-state index is 0.378. The standard InChI is InChI=1S/C18H16ClNO2/c1-3-12-10-14(8-9-15(12)19)18(21)22-17-11-13-6-4-5-7-16(13)20(17)2/h4-11H,3H2,1-2H3. The highest BCUT2D eigenvalue weighted by molar-refractivity contribution is 6.31. The van der Waals surface area contributed by atoms with E-state index in [4.69, 9.17) is 16.3 Å². The third kappa shape index (κ3) is 2.60. The lowest BCUT2D eigenvalue weighted by atomic mass is 10.1. The molecule has 0 saturated heterocycles. The van der Waals surface area contributed by atoms with Crippen LogP contribution in [0.5, 0.6) is 5.88 Å². The summed E-state index contributed by atoms with van der Waals surface area (Å²) in [5.41, 5.74) is 2.47. The number of halogens is 1. The van der Waals surface area contributed by atoms with Crippen LogP contribution in [0.1, 0.15) is 22.8 Å². The molecule has 0 N–H and O–H groups in total. The summed E-state index contributed by atoms with van der Waals surface area (Å²) in [6.07, 6.45) is 0.772. The zero-order valence-electron chi connectivity index (χ0n) is 12.5. The Hall–Kier alpha value is -2.26. The summed E-state index contributed by atoms with van der Waals surface area (Å²) >= 11 is 6.08. The molecule has 0 aliphatic carbocycles. The van der Waals surface area contributed by atoms with Crippen molar-refractivity contribution in [3.8, 4) is 5.88 Å². The topological polar surface area (TPSA) is 31.2 Å². The fourth-order valence-corrected chi connectivity index (χ4v) is 2.74. The summed E-state index contributed by atoms with van der Waals surface area (Å²) in [6, 6.07) is 15.0. The molecule has 0 unspecified atom stereocenters. The molecular weight excluding hydrogens is 298 g/mol. The maximum Gasteiger partial charge on any atom is 0.344 e. The van der Waals surface area contributed by atoms with Crippen LogP contribution in [0, 0.1) is 0 Å². The van der Waals surface area contributed by atoms with E-state index in [0.29, 0.717) is 16.5 Å². The lowest BCUT2D eigenvalue weighted by Gasteiger charge is -2.07. The number of ether oxygens (including phenoxy) is 1. The SMILES string of the molecule is CCc1cc(C(=O)Oc2cc3ccccc3n2C)ccc1Cl. The summed E-state index contributed by atoms with van der Waals surface area (Å²) in [5.74, 6) is 0.150. The predicted octanol–water partition coefficient (Wildman–Crippen LogP) is 4.61. The predicted molar refractivity (Wildman–Crippen MR) is 88.7 cm³/mol. The Kier molecular flexibility index (Phi) is 3.90. The molecule has 0 aliphatic rings. The Bertz CT molecular complexity index is 851. The molecule has 0 amide bonds. The van der Waals surface area contributed by atoms with Gasteiger partial charge in [0.05, 0.1) is 11.1 Å². The molecule has 3 nitrogen and oxygen atoms in total. The van der Waals surface area contributed by atoms with Crippen LogP contribution in [-0.4, -0.2) is 10.5 Å². The van der Waals surface area contributed by atoms with E-state index in [9.17, 15) is 4.79 Å². The fraction of sp³-hybridized carbons (Fsp3) is 0.167. The number of esters is 1. The molecule has 2 aromatic carbocycles. The monoisotopic (exact) mass is 313 g/mol. The normalized spacial score (nSPS) is 10.9. The molecule has 0 bridgehead atoms. The first-order valence-electron chi connectivity index (χ1n) is 7.15. The molecule has 0 atom stereocenters. The number of aromatic nitrogens is 1. The molecule has 4 heteroatoms. The van der Waals surface area contributed by atoms with Gasteiger partial charge in [0.15, 0.2) is 0 Å². The zero-order chi connectivity index (χ0) is 15.7. The second kappa shape index (κ2) is 5.85. The Labute approximate surface area is 134 Å². The van der Waals surface area contributed by atoms with Crippen molar-refractivity contribution in [3.63, 3.8) is 0 Å². The molecule has 112 valence electrons. The lowest BCUT2D eigenvalue weighted by molar-refractivity contribution is 0.0723. The maximum absolute atomic E-state index is 12.3. The van der Waals surface area contributed by atoms with Gasteiger partial charge in [-0.3, -0.25) is 0 Å². The molecule has 0 saturated carbocycles. The molecule has 0 fully saturated rings. The Morgan fingerprint density at radius 1 is 1.18 bits per heavy atom. The van der Waals surface area contributed by atoms with Crippen LogP contribution in [0.25, 0.3) is 10.9 Å². The van der Waals surface area contributed by atoms with Crippen molar-refractivity contribution >= 4 is 28.5 Å². The van der Waals surface area contributed by atoms with E-state index in [0.717, 1.165) is 22.9 Å².